The largest absolute Gasteiger partial charge is 0.481 e. The van der Waals surface area contributed by atoms with Gasteiger partial charge in [-0.1, -0.05) is 121 Å². The number of carboxylic acids is 1. The van der Waals surface area contributed by atoms with E-state index < -0.39 is 5.97 Å². The zero-order valence-electron chi connectivity index (χ0n) is 25.7. The summed E-state index contributed by atoms with van der Waals surface area (Å²) in [6.45, 7) is 4.39. The van der Waals surface area contributed by atoms with E-state index in [0.717, 1.165) is 64.2 Å². The summed E-state index contributed by atoms with van der Waals surface area (Å²) in [5, 5.41) is 8.73. The molecule has 226 valence electrons. The minimum Gasteiger partial charge on any atom is -0.481 e. The SMILES string of the molecule is CCC/C=C\C(CCCCCCC(=O)O)OC(=O)CCCCCCCCCCC/C=C\C/C=C\CCCCC. The molecule has 0 aromatic rings. The van der Waals surface area contributed by atoms with Gasteiger partial charge in [-0.25, -0.2) is 0 Å². The minimum atomic E-state index is -0.727. The van der Waals surface area contributed by atoms with Crippen LogP contribution in [0.2, 0.25) is 0 Å². The Balaban J connectivity index is 3.70. The van der Waals surface area contributed by atoms with Crippen LogP contribution in [0.3, 0.4) is 0 Å². The molecule has 0 radical (unpaired) electrons. The van der Waals surface area contributed by atoms with Crippen molar-refractivity contribution in [2.45, 2.75) is 174 Å². The molecule has 0 amide bonds. The molecule has 0 bridgehead atoms. The number of hydrogen-bond acceptors (Lipinski definition) is 3. The van der Waals surface area contributed by atoms with Crippen LogP contribution in [0.1, 0.15) is 168 Å². The van der Waals surface area contributed by atoms with Crippen molar-refractivity contribution in [3.63, 3.8) is 0 Å². The van der Waals surface area contributed by atoms with Gasteiger partial charge < -0.3 is 9.84 Å². The smallest absolute Gasteiger partial charge is 0.306 e. The second kappa shape index (κ2) is 30.7. The summed E-state index contributed by atoms with van der Waals surface area (Å²) in [5.41, 5.74) is 0. The van der Waals surface area contributed by atoms with Crippen molar-refractivity contribution in [2.24, 2.45) is 0 Å². The lowest BCUT2D eigenvalue weighted by Gasteiger charge is -2.14. The molecule has 0 saturated carbocycles. The molecule has 0 spiro atoms. The maximum Gasteiger partial charge on any atom is 0.306 e. The van der Waals surface area contributed by atoms with E-state index in [1.54, 1.807) is 0 Å². The molecule has 0 saturated heterocycles. The van der Waals surface area contributed by atoms with E-state index in [-0.39, 0.29) is 18.5 Å². The van der Waals surface area contributed by atoms with Gasteiger partial charge in [-0.3, -0.25) is 9.59 Å². The fourth-order valence-corrected chi connectivity index (χ4v) is 4.60. The second-order valence-electron chi connectivity index (χ2n) is 11.0. The van der Waals surface area contributed by atoms with Crippen molar-refractivity contribution in [1.82, 2.24) is 0 Å². The van der Waals surface area contributed by atoms with E-state index in [2.05, 4.69) is 44.2 Å². The Hall–Kier alpha value is -1.84. The lowest BCUT2D eigenvalue weighted by atomic mass is 10.1. The molecule has 0 fully saturated rings. The summed E-state index contributed by atoms with van der Waals surface area (Å²) in [6.07, 6.45) is 39.1. The van der Waals surface area contributed by atoms with Gasteiger partial charge in [0.25, 0.3) is 0 Å². The van der Waals surface area contributed by atoms with Crippen LogP contribution in [-0.4, -0.2) is 23.1 Å². The number of allylic oxidation sites excluding steroid dienone is 5. The van der Waals surface area contributed by atoms with Crippen LogP contribution >= 0.6 is 0 Å². The molecule has 0 aliphatic heterocycles. The van der Waals surface area contributed by atoms with Crippen LogP contribution in [0.25, 0.3) is 0 Å². The highest BCUT2D eigenvalue weighted by Crippen LogP contribution is 2.15. The van der Waals surface area contributed by atoms with Gasteiger partial charge >= 0.3 is 11.9 Å². The summed E-state index contributed by atoms with van der Waals surface area (Å²) in [4.78, 5) is 23.0. The molecular weight excluding hydrogens is 484 g/mol. The molecule has 0 aliphatic rings. The van der Waals surface area contributed by atoms with Crippen LogP contribution < -0.4 is 0 Å². The van der Waals surface area contributed by atoms with Crippen molar-refractivity contribution in [2.75, 3.05) is 0 Å². The summed E-state index contributed by atoms with van der Waals surface area (Å²) in [6, 6.07) is 0. The summed E-state index contributed by atoms with van der Waals surface area (Å²) in [5.74, 6) is -0.806. The van der Waals surface area contributed by atoms with Gasteiger partial charge in [-0.05, 0) is 70.3 Å². The average Bonchev–Trinajstić information content (AvgIpc) is 2.91. The van der Waals surface area contributed by atoms with Gasteiger partial charge in [0.2, 0.25) is 0 Å². The first-order chi connectivity index (χ1) is 19.1. The number of unbranched alkanes of at least 4 members (excludes halogenated alkanes) is 16. The molecule has 0 aliphatic carbocycles. The maximum absolute atomic E-state index is 12.3. The minimum absolute atomic E-state index is 0.0796. The molecule has 1 unspecified atom stereocenters. The zero-order valence-corrected chi connectivity index (χ0v) is 25.7. The van der Waals surface area contributed by atoms with Crippen LogP contribution in [0.15, 0.2) is 36.5 Å². The maximum atomic E-state index is 12.3. The third-order valence-electron chi connectivity index (χ3n) is 7.05. The van der Waals surface area contributed by atoms with E-state index in [1.165, 1.54) is 77.0 Å². The molecule has 4 heteroatoms. The van der Waals surface area contributed by atoms with Crippen molar-refractivity contribution in [3.05, 3.63) is 36.5 Å². The van der Waals surface area contributed by atoms with Crippen molar-refractivity contribution >= 4 is 11.9 Å². The third kappa shape index (κ3) is 30.6. The number of hydrogen-bond donors (Lipinski definition) is 1. The first kappa shape index (κ1) is 37.2. The number of carbonyl (C=O) groups excluding carboxylic acids is 1. The Bertz CT molecular complexity index is 635. The number of ether oxygens (including phenoxy) is 1. The van der Waals surface area contributed by atoms with Crippen LogP contribution in [0, 0.1) is 0 Å². The normalized spacial score (nSPS) is 12.7. The van der Waals surface area contributed by atoms with Gasteiger partial charge in [0.15, 0.2) is 0 Å². The highest BCUT2D eigenvalue weighted by atomic mass is 16.5. The lowest BCUT2D eigenvalue weighted by molar-refractivity contribution is -0.147. The van der Waals surface area contributed by atoms with Gasteiger partial charge in [-0.2, -0.15) is 0 Å². The fourth-order valence-electron chi connectivity index (χ4n) is 4.60. The van der Waals surface area contributed by atoms with E-state index in [4.69, 9.17) is 9.84 Å². The van der Waals surface area contributed by atoms with Crippen molar-refractivity contribution in [1.29, 1.82) is 0 Å². The van der Waals surface area contributed by atoms with E-state index >= 15 is 0 Å². The molecule has 0 rings (SSSR count). The Morgan fingerprint density at radius 2 is 1.13 bits per heavy atom. The molecule has 1 atom stereocenters. The monoisotopic (exact) mass is 546 g/mol. The number of carbonyl (C=O) groups is 2. The zero-order chi connectivity index (χ0) is 28.7. The van der Waals surface area contributed by atoms with Crippen LogP contribution in [-0.2, 0) is 14.3 Å². The quantitative estimate of drug-likeness (QED) is 0.0575. The summed E-state index contributed by atoms with van der Waals surface area (Å²) >= 11 is 0. The highest BCUT2D eigenvalue weighted by molar-refractivity contribution is 5.69. The predicted octanol–water partition coefficient (Wildman–Crippen LogP) is 11.1. The lowest BCUT2D eigenvalue weighted by Crippen LogP contribution is -2.16. The number of carboxylic acid groups (broad SMARTS) is 1. The van der Waals surface area contributed by atoms with E-state index in [9.17, 15) is 9.59 Å². The molecule has 0 aromatic carbocycles. The molecular formula is C35H62O4. The topological polar surface area (TPSA) is 63.6 Å². The van der Waals surface area contributed by atoms with E-state index in [1.807, 2.05) is 6.08 Å². The number of aliphatic carboxylic acids is 1. The predicted molar refractivity (Wildman–Crippen MR) is 167 cm³/mol. The van der Waals surface area contributed by atoms with Gasteiger partial charge in [0, 0.05) is 12.8 Å². The first-order valence-corrected chi connectivity index (χ1v) is 16.5. The Kier molecular flexibility index (Phi) is 29.2. The highest BCUT2D eigenvalue weighted by Gasteiger charge is 2.11. The van der Waals surface area contributed by atoms with Gasteiger partial charge in [0.05, 0.1) is 0 Å². The van der Waals surface area contributed by atoms with Crippen LogP contribution in [0.5, 0.6) is 0 Å². The van der Waals surface area contributed by atoms with Gasteiger partial charge in [-0.15, -0.1) is 0 Å². The fraction of sp³-hybridized carbons (Fsp3) is 0.771. The molecule has 0 heterocycles. The molecule has 39 heavy (non-hydrogen) atoms. The first-order valence-electron chi connectivity index (χ1n) is 16.5. The van der Waals surface area contributed by atoms with E-state index in [0.29, 0.717) is 6.42 Å². The van der Waals surface area contributed by atoms with Crippen LogP contribution in [0.4, 0.5) is 0 Å². The number of rotatable bonds is 29. The number of esters is 1. The van der Waals surface area contributed by atoms with Gasteiger partial charge in [0.1, 0.15) is 6.10 Å². The summed E-state index contributed by atoms with van der Waals surface area (Å²) in [7, 11) is 0. The average molecular weight is 547 g/mol. The Labute approximate surface area is 241 Å². The standard InChI is InChI=1S/C35H62O4/c1-3-5-7-8-9-10-11-12-13-14-15-16-17-18-19-20-21-22-28-32-35(38)39-33(29-25-6-4-2)30-26-23-24-27-31-34(36)37/h9-10,12-13,25,29,33H,3-8,11,14-24,26-28,30-32H2,1-2H3,(H,36,37)/b10-9-,13-12-,29-25-. The summed E-state index contributed by atoms with van der Waals surface area (Å²) < 4.78 is 5.75. The van der Waals surface area contributed by atoms with Crippen molar-refractivity contribution < 1.29 is 19.4 Å². The molecule has 4 nitrogen and oxygen atoms in total. The molecule has 0 aromatic heterocycles. The van der Waals surface area contributed by atoms with Crippen molar-refractivity contribution in [3.8, 4) is 0 Å². The third-order valence-corrected chi connectivity index (χ3v) is 7.05. The Morgan fingerprint density at radius 1 is 0.590 bits per heavy atom. The second-order valence-corrected chi connectivity index (χ2v) is 11.0. The Morgan fingerprint density at radius 3 is 1.72 bits per heavy atom. The molecule has 1 N–H and O–H groups in total.